The van der Waals surface area contributed by atoms with E-state index in [4.69, 9.17) is 11.6 Å². The zero-order valence-electron chi connectivity index (χ0n) is 9.92. The van der Waals surface area contributed by atoms with E-state index in [9.17, 15) is 18.3 Å². The summed E-state index contributed by atoms with van der Waals surface area (Å²) < 4.78 is 40.3. The molecule has 0 aliphatic heterocycles. The second-order valence-corrected chi connectivity index (χ2v) is 4.61. The Labute approximate surface area is 113 Å². The third-order valence-electron chi connectivity index (χ3n) is 2.85. The molecular formula is C14H10ClF3O. The molecule has 19 heavy (non-hydrogen) atoms. The maximum Gasteiger partial charge on any atom is 0.142 e. The first kappa shape index (κ1) is 13.9. The van der Waals surface area contributed by atoms with Crippen LogP contribution in [0.3, 0.4) is 0 Å². The van der Waals surface area contributed by atoms with Gasteiger partial charge >= 0.3 is 0 Å². The minimum absolute atomic E-state index is 0.142. The molecule has 0 saturated carbocycles. The minimum atomic E-state index is -1.46. The van der Waals surface area contributed by atoms with Crippen molar-refractivity contribution in [1.82, 2.24) is 0 Å². The van der Waals surface area contributed by atoms with Crippen molar-refractivity contribution in [1.29, 1.82) is 0 Å². The van der Waals surface area contributed by atoms with Gasteiger partial charge in [-0.25, -0.2) is 13.2 Å². The van der Waals surface area contributed by atoms with Crippen LogP contribution in [0.5, 0.6) is 0 Å². The lowest BCUT2D eigenvalue weighted by atomic mass is 9.99. The second kappa shape index (κ2) is 5.23. The maximum absolute atomic E-state index is 13.6. The van der Waals surface area contributed by atoms with Crippen molar-refractivity contribution in [2.75, 3.05) is 0 Å². The minimum Gasteiger partial charge on any atom is -0.384 e. The number of hydrogen-bond donors (Lipinski definition) is 1. The van der Waals surface area contributed by atoms with Gasteiger partial charge in [-0.05, 0) is 36.2 Å². The van der Waals surface area contributed by atoms with Crippen LogP contribution in [0.1, 0.15) is 22.8 Å². The molecule has 0 aromatic heterocycles. The topological polar surface area (TPSA) is 20.2 Å². The number of aryl methyl sites for hydroxylation is 1. The molecule has 0 spiro atoms. The van der Waals surface area contributed by atoms with Crippen LogP contribution in [0, 0.1) is 24.4 Å². The summed E-state index contributed by atoms with van der Waals surface area (Å²) in [4.78, 5) is 0. The average molecular weight is 287 g/mol. The normalized spacial score (nSPS) is 12.5. The Morgan fingerprint density at radius 2 is 1.68 bits per heavy atom. The molecule has 1 nitrogen and oxygen atoms in total. The predicted molar refractivity (Wildman–Crippen MR) is 66.6 cm³/mol. The Morgan fingerprint density at radius 3 is 2.32 bits per heavy atom. The Bertz CT molecular complexity index is 628. The molecule has 0 bridgehead atoms. The molecule has 0 fully saturated rings. The van der Waals surface area contributed by atoms with Gasteiger partial charge in [0.1, 0.15) is 23.6 Å². The fourth-order valence-electron chi connectivity index (χ4n) is 1.71. The first-order chi connectivity index (χ1) is 8.90. The average Bonchev–Trinajstić information content (AvgIpc) is 2.36. The Balaban J connectivity index is 2.46. The van der Waals surface area contributed by atoms with Crippen LogP contribution in [0.4, 0.5) is 13.2 Å². The highest BCUT2D eigenvalue weighted by Gasteiger charge is 2.18. The van der Waals surface area contributed by atoms with Crippen molar-refractivity contribution in [3.05, 3.63) is 69.5 Å². The van der Waals surface area contributed by atoms with Gasteiger partial charge in [-0.3, -0.25) is 0 Å². The van der Waals surface area contributed by atoms with Gasteiger partial charge in [0.05, 0.1) is 5.02 Å². The van der Waals surface area contributed by atoms with Crippen LogP contribution < -0.4 is 0 Å². The van der Waals surface area contributed by atoms with E-state index in [0.29, 0.717) is 5.56 Å². The Hall–Kier alpha value is -1.52. The quantitative estimate of drug-likeness (QED) is 0.822. The number of rotatable bonds is 2. The first-order valence-corrected chi connectivity index (χ1v) is 5.86. The highest BCUT2D eigenvalue weighted by molar-refractivity contribution is 6.30. The number of aliphatic hydroxyl groups is 1. The van der Waals surface area contributed by atoms with E-state index in [1.165, 1.54) is 12.1 Å². The second-order valence-electron chi connectivity index (χ2n) is 4.20. The molecule has 0 saturated heterocycles. The molecule has 2 aromatic rings. The summed E-state index contributed by atoms with van der Waals surface area (Å²) in [6, 6.07) is 5.58. The van der Waals surface area contributed by atoms with E-state index in [0.717, 1.165) is 18.2 Å². The van der Waals surface area contributed by atoms with Gasteiger partial charge in [0.25, 0.3) is 0 Å². The van der Waals surface area contributed by atoms with Gasteiger partial charge in [-0.1, -0.05) is 23.7 Å². The Kier molecular flexibility index (Phi) is 3.83. The summed E-state index contributed by atoms with van der Waals surface area (Å²) in [5.41, 5.74) is 0.257. The van der Waals surface area contributed by atoms with Crippen molar-refractivity contribution in [3.8, 4) is 0 Å². The number of hydrogen-bond acceptors (Lipinski definition) is 1. The van der Waals surface area contributed by atoms with Gasteiger partial charge in [0.15, 0.2) is 0 Å². The van der Waals surface area contributed by atoms with Gasteiger partial charge in [0.2, 0.25) is 0 Å². The summed E-state index contributed by atoms with van der Waals surface area (Å²) in [5, 5.41) is 9.62. The number of aliphatic hydroxyl groups excluding tert-OH is 1. The van der Waals surface area contributed by atoms with Crippen LogP contribution in [0.25, 0.3) is 0 Å². The van der Waals surface area contributed by atoms with Crippen LogP contribution in [0.2, 0.25) is 5.02 Å². The van der Waals surface area contributed by atoms with Crippen LogP contribution in [0.15, 0.2) is 30.3 Å². The number of benzene rings is 2. The summed E-state index contributed by atoms with van der Waals surface area (Å²) in [6.07, 6.45) is -1.46. The van der Waals surface area contributed by atoms with Crippen molar-refractivity contribution in [2.24, 2.45) is 0 Å². The molecule has 2 rings (SSSR count). The van der Waals surface area contributed by atoms with Crippen LogP contribution in [-0.2, 0) is 0 Å². The molecule has 100 valence electrons. The third kappa shape index (κ3) is 2.74. The highest BCUT2D eigenvalue weighted by atomic mass is 35.5. The molecule has 1 atom stereocenters. The molecule has 0 aliphatic rings. The summed E-state index contributed by atoms with van der Waals surface area (Å²) >= 11 is 5.43. The molecule has 0 aliphatic carbocycles. The lowest BCUT2D eigenvalue weighted by molar-refractivity contribution is 0.214. The lowest BCUT2D eigenvalue weighted by Crippen LogP contribution is -2.04. The van der Waals surface area contributed by atoms with E-state index >= 15 is 0 Å². The molecule has 0 amide bonds. The molecule has 0 radical (unpaired) electrons. The van der Waals surface area contributed by atoms with Crippen LogP contribution >= 0.6 is 11.6 Å². The standard InChI is InChI=1S/C14H10ClF3O/c1-7-2-3-8(4-11(7)16)14(19)9-5-13(18)10(15)6-12(9)17/h2-6,14,19H,1H3. The predicted octanol–water partition coefficient (Wildman–Crippen LogP) is 4.15. The largest absolute Gasteiger partial charge is 0.384 e. The van der Waals surface area contributed by atoms with E-state index in [-0.39, 0.29) is 16.1 Å². The molecule has 1 unspecified atom stereocenters. The lowest BCUT2D eigenvalue weighted by Gasteiger charge is -2.13. The zero-order valence-corrected chi connectivity index (χ0v) is 10.7. The molecule has 5 heteroatoms. The zero-order chi connectivity index (χ0) is 14.2. The fourth-order valence-corrected chi connectivity index (χ4v) is 1.86. The monoisotopic (exact) mass is 286 g/mol. The van der Waals surface area contributed by atoms with Gasteiger partial charge < -0.3 is 5.11 Å². The van der Waals surface area contributed by atoms with Crippen LogP contribution in [-0.4, -0.2) is 5.11 Å². The summed E-state index contributed by atoms with van der Waals surface area (Å²) in [6.45, 7) is 1.56. The van der Waals surface area contributed by atoms with Crippen molar-refractivity contribution >= 4 is 11.6 Å². The fraction of sp³-hybridized carbons (Fsp3) is 0.143. The van der Waals surface area contributed by atoms with E-state index in [1.54, 1.807) is 6.92 Å². The van der Waals surface area contributed by atoms with Crippen molar-refractivity contribution in [2.45, 2.75) is 13.0 Å². The van der Waals surface area contributed by atoms with E-state index in [1.807, 2.05) is 0 Å². The SMILES string of the molecule is Cc1ccc(C(O)c2cc(F)c(Cl)cc2F)cc1F. The van der Waals surface area contributed by atoms with E-state index < -0.39 is 23.6 Å². The molecule has 0 heterocycles. The van der Waals surface area contributed by atoms with Gasteiger partial charge in [-0.15, -0.1) is 0 Å². The smallest absolute Gasteiger partial charge is 0.142 e. The van der Waals surface area contributed by atoms with Crippen molar-refractivity contribution < 1.29 is 18.3 Å². The first-order valence-electron chi connectivity index (χ1n) is 5.48. The van der Waals surface area contributed by atoms with Crippen molar-refractivity contribution in [3.63, 3.8) is 0 Å². The maximum atomic E-state index is 13.6. The van der Waals surface area contributed by atoms with Gasteiger partial charge in [0, 0.05) is 5.56 Å². The van der Waals surface area contributed by atoms with Gasteiger partial charge in [-0.2, -0.15) is 0 Å². The molecular weight excluding hydrogens is 277 g/mol. The molecule has 1 N–H and O–H groups in total. The third-order valence-corrected chi connectivity index (χ3v) is 3.14. The van der Waals surface area contributed by atoms with E-state index in [2.05, 4.69) is 0 Å². The number of halogens is 4. The summed E-state index contributed by atoms with van der Waals surface area (Å²) in [5.74, 6) is -2.21. The summed E-state index contributed by atoms with van der Waals surface area (Å²) in [7, 11) is 0. The highest BCUT2D eigenvalue weighted by Crippen LogP contribution is 2.28. The Morgan fingerprint density at radius 1 is 1.00 bits per heavy atom. The molecule has 2 aromatic carbocycles.